The molecule has 0 bridgehead atoms. The van der Waals surface area contributed by atoms with Crippen LogP contribution in [0.2, 0.25) is 0 Å². The van der Waals surface area contributed by atoms with E-state index >= 15 is 0 Å². The maximum absolute atomic E-state index is 13.5. The molecule has 0 aliphatic heterocycles. The number of nitrogens with zero attached hydrogens (tertiary/aromatic N) is 3. The second-order valence-electron chi connectivity index (χ2n) is 7.54. The van der Waals surface area contributed by atoms with Crippen LogP contribution >= 0.6 is 0 Å². The number of aromatic nitrogens is 3. The lowest BCUT2D eigenvalue weighted by molar-refractivity contribution is 0.151. The van der Waals surface area contributed by atoms with Crippen LogP contribution in [-0.4, -0.2) is 19.9 Å². The van der Waals surface area contributed by atoms with Gasteiger partial charge in [0.15, 0.2) is 0 Å². The van der Waals surface area contributed by atoms with E-state index in [1.165, 1.54) is 17.7 Å². The Morgan fingerprint density at radius 1 is 0.933 bits per heavy atom. The van der Waals surface area contributed by atoms with Gasteiger partial charge >= 0.3 is 0 Å². The Morgan fingerprint density at radius 2 is 1.60 bits per heavy atom. The number of aryl methyl sites for hydroxylation is 1. The minimum atomic E-state index is -0.713. The van der Waals surface area contributed by atoms with Gasteiger partial charge in [0.05, 0.1) is 11.8 Å². The van der Waals surface area contributed by atoms with Crippen molar-refractivity contribution in [2.75, 3.05) is 0 Å². The summed E-state index contributed by atoms with van der Waals surface area (Å²) in [5, 5.41) is 15.9. The van der Waals surface area contributed by atoms with Crippen molar-refractivity contribution in [2.24, 2.45) is 7.05 Å². The minimum absolute atomic E-state index is 0.177. The first-order chi connectivity index (χ1) is 14.5. The highest BCUT2D eigenvalue weighted by atomic mass is 19.1. The van der Waals surface area contributed by atoms with Gasteiger partial charge in [0.2, 0.25) is 0 Å². The summed E-state index contributed by atoms with van der Waals surface area (Å²) in [6, 6.07) is 20.3. The quantitative estimate of drug-likeness (QED) is 0.463. The summed E-state index contributed by atoms with van der Waals surface area (Å²) in [5.74, 6) is -0.118. The Kier molecular flexibility index (Phi) is 5.72. The van der Waals surface area contributed by atoms with Gasteiger partial charge in [-0.2, -0.15) is 5.10 Å². The molecule has 0 radical (unpaired) electrons. The lowest BCUT2D eigenvalue weighted by Crippen LogP contribution is -2.09. The van der Waals surface area contributed by atoms with Gasteiger partial charge in [-0.1, -0.05) is 37.3 Å². The van der Waals surface area contributed by atoms with E-state index in [0.29, 0.717) is 12.1 Å². The number of hydrogen-bond donors (Lipinski definition) is 1. The van der Waals surface area contributed by atoms with Crippen LogP contribution < -0.4 is 0 Å². The standard InChI is InChI=1S/C25H24FN3O/c1-17(18-6-4-3-5-7-18)16-22(30)25-23(19-12-14-27-15-13-19)24(28-29(25)2)20-8-10-21(26)11-9-20/h3-15,17,22,30H,16H2,1-2H3. The van der Waals surface area contributed by atoms with Crippen molar-refractivity contribution >= 4 is 0 Å². The van der Waals surface area contributed by atoms with E-state index in [4.69, 9.17) is 5.10 Å². The summed E-state index contributed by atoms with van der Waals surface area (Å²) >= 11 is 0. The molecule has 0 saturated carbocycles. The van der Waals surface area contributed by atoms with Crippen molar-refractivity contribution in [1.29, 1.82) is 0 Å². The average molecular weight is 401 g/mol. The molecule has 0 saturated heterocycles. The minimum Gasteiger partial charge on any atom is -0.387 e. The van der Waals surface area contributed by atoms with Crippen molar-refractivity contribution in [3.05, 3.63) is 96.2 Å². The summed E-state index contributed by atoms with van der Waals surface area (Å²) in [6.07, 6.45) is 3.29. The summed E-state index contributed by atoms with van der Waals surface area (Å²) in [6.45, 7) is 2.11. The van der Waals surface area contributed by atoms with Crippen LogP contribution in [0.4, 0.5) is 4.39 Å². The molecule has 2 atom stereocenters. The molecule has 0 aliphatic rings. The molecule has 4 rings (SSSR count). The molecular weight excluding hydrogens is 377 g/mol. The number of aliphatic hydroxyl groups excluding tert-OH is 1. The van der Waals surface area contributed by atoms with Crippen LogP contribution in [0.15, 0.2) is 79.1 Å². The fourth-order valence-electron chi connectivity index (χ4n) is 3.90. The van der Waals surface area contributed by atoms with Crippen LogP contribution in [0.1, 0.15) is 36.6 Å². The predicted octanol–water partition coefficient (Wildman–Crippen LogP) is 5.52. The predicted molar refractivity (Wildman–Crippen MR) is 116 cm³/mol. The molecule has 2 aromatic heterocycles. The molecule has 30 heavy (non-hydrogen) atoms. The summed E-state index contributed by atoms with van der Waals surface area (Å²) < 4.78 is 15.2. The smallest absolute Gasteiger partial charge is 0.123 e. The zero-order valence-electron chi connectivity index (χ0n) is 17.0. The molecule has 2 aromatic carbocycles. The molecule has 2 heterocycles. The molecule has 4 nitrogen and oxygen atoms in total. The molecular formula is C25H24FN3O. The third kappa shape index (κ3) is 4.02. The lowest BCUT2D eigenvalue weighted by Gasteiger charge is -2.19. The van der Waals surface area contributed by atoms with Gasteiger partial charge in [-0.15, -0.1) is 0 Å². The van der Waals surface area contributed by atoms with Gasteiger partial charge < -0.3 is 5.11 Å². The second kappa shape index (κ2) is 8.59. The van der Waals surface area contributed by atoms with Gasteiger partial charge in [-0.25, -0.2) is 4.39 Å². The highest BCUT2D eigenvalue weighted by molar-refractivity contribution is 5.83. The zero-order valence-corrected chi connectivity index (χ0v) is 17.0. The lowest BCUT2D eigenvalue weighted by atomic mass is 9.91. The van der Waals surface area contributed by atoms with Gasteiger partial charge in [0.25, 0.3) is 0 Å². The Morgan fingerprint density at radius 3 is 2.27 bits per heavy atom. The Labute approximate surface area is 175 Å². The Balaban J connectivity index is 1.78. The van der Waals surface area contributed by atoms with Gasteiger partial charge in [-0.3, -0.25) is 9.67 Å². The fourth-order valence-corrected chi connectivity index (χ4v) is 3.90. The molecule has 0 spiro atoms. The average Bonchev–Trinajstić information content (AvgIpc) is 3.12. The van der Waals surface area contributed by atoms with Crippen LogP contribution in [0.25, 0.3) is 22.4 Å². The largest absolute Gasteiger partial charge is 0.387 e. The van der Waals surface area contributed by atoms with Crippen molar-refractivity contribution in [2.45, 2.75) is 25.4 Å². The number of aliphatic hydroxyl groups is 1. The van der Waals surface area contributed by atoms with Crippen molar-refractivity contribution in [3.63, 3.8) is 0 Å². The van der Waals surface area contributed by atoms with E-state index < -0.39 is 6.10 Å². The number of halogens is 1. The molecule has 0 fully saturated rings. The monoisotopic (exact) mass is 401 g/mol. The van der Waals surface area contributed by atoms with Crippen molar-refractivity contribution in [3.8, 4) is 22.4 Å². The zero-order chi connectivity index (χ0) is 21.1. The van der Waals surface area contributed by atoms with E-state index in [-0.39, 0.29) is 11.7 Å². The molecule has 5 heteroatoms. The van der Waals surface area contributed by atoms with Crippen molar-refractivity contribution in [1.82, 2.24) is 14.8 Å². The maximum atomic E-state index is 13.5. The van der Waals surface area contributed by atoms with E-state index in [0.717, 1.165) is 22.4 Å². The normalized spacial score (nSPS) is 13.2. The molecule has 4 aromatic rings. The van der Waals surface area contributed by atoms with E-state index in [1.807, 2.05) is 37.4 Å². The van der Waals surface area contributed by atoms with Crippen LogP contribution in [0.3, 0.4) is 0 Å². The molecule has 2 unspecified atom stereocenters. The van der Waals surface area contributed by atoms with E-state index in [9.17, 15) is 9.50 Å². The van der Waals surface area contributed by atoms with E-state index in [1.54, 1.807) is 29.2 Å². The highest BCUT2D eigenvalue weighted by Gasteiger charge is 2.26. The molecule has 1 N–H and O–H groups in total. The SMILES string of the molecule is CC(CC(O)c1c(-c2ccncc2)c(-c2ccc(F)cc2)nn1C)c1ccccc1. The molecule has 152 valence electrons. The van der Waals surface area contributed by atoms with Crippen LogP contribution in [0.5, 0.6) is 0 Å². The number of pyridine rings is 1. The molecule has 0 amide bonds. The fraction of sp³-hybridized carbons (Fsp3) is 0.200. The number of rotatable bonds is 6. The van der Waals surface area contributed by atoms with Crippen LogP contribution in [-0.2, 0) is 7.05 Å². The third-order valence-electron chi connectivity index (χ3n) is 5.44. The maximum Gasteiger partial charge on any atom is 0.123 e. The Hall–Kier alpha value is -3.31. The van der Waals surface area contributed by atoms with Crippen LogP contribution in [0, 0.1) is 5.82 Å². The summed E-state index contributed by atoms with van der Waals surface area (Å²) in [4.78, 5) is 4.11. The van der Waals surface area contributed by atoms with Crippen molar-refractivity contribution < 1.29 is 9.50 Å². The first-order valence-corrected chi connectivity index (χ1v) is 10.0. The third-order valence-corrected chi connectivity index (χ3v) is 5.44. The molecule has 0 aliphatic carbocycles. The van der Waals surface area contributed by atoms with E-state index in [2.05, 4.69) is 24.0 Å². The first-order valence-electron chi connectivity index (χ1n) is 10.0. The first kappa shape index (κ1) is 20.0. The highest BCUT2D eigenvalue weighted by Crippen LogP contribution is 2.39. The van der Waals surface area contributed by atoms with Gasteiger partial charge in [0.1, 0.15) is 11.5 Å². The van der Waals surface area contributed by atoms with Gasteiger partial charge in [-0.05, 0) is 59.9 Å². The topological polar surface area (TPSA) is 50.9 Å². The Bertz CT molecular complexity index is 1110. The summed E-state index contributed by atoms with van der Waals surface area (Å²) in [5.41, 5.74) is 5.20. The number of benzene rings is 2. The summed E-state index contributed by atoms with van der Waals surface area (Å²) in [7, 11) is 1.84. The number of hydrogen-bond acceptors (Lipinski definition) is 3. The second-order valence-corrected chi connectivity index (χ2v) is 7.54. The van der Waals surface area contributed by atoms with Gasteiger partial charge in [0, 0.05) is 30.6 Å².